The fourth-order valence-corrected chi connectivity index (χ4v) is 2.33. The number of nitrogens with zero attached hydrogens (tertiary/aromatic N) is 1. The van der Waals surface area contributed by atoms with Gasteiger partial charge in [0.05, 0.1) is 6.42 Å². The van der Waals surface area contributed by atoms with Gasteiger partial charge in [0.1, 0.15) is 11.7 Å². The van der Waals surface area contributed by atoms with E-state index in [1.807, 2.05) is 0 Å². The molecule has 7 nitrogen and oxygen atoms in total. The van der Waals surface area contributed by atoms with Crippen molar-refractivity contribution in [2.45, 2.75) is 31.3 Å². The molecule has 1 heterocycles. The molecule has 1 amide bonds. The Hall–Kier alpha value is -1.83. The van der Waals surface area contributed by atoms with E-state index in [0.29, 0.717) is 5.69 Å². The van der Waals surface area contributed by atoms with Crippen LogP contribution < -0.4 is 5.32 Å². The van der Waals surface area contributed by atoms with Crippen LogP contribution in [0.4, 0.5) is 0 Å². The summed E-state index contributed by atoms with van der Waals surface area (Å²) in [5.41, 5.74) is 0.330. The van der Waals surface area contributed by atoms with Crippen LogP contribution in [0.2, 0.25) is 0 Å². The number of hydrogen-bond donors (Lipinski definition) is 3. The Bertz CT molecular complexity index is 564. The third-order valence-corrected chi connectivity index (χ3v) is 3.40. The number of aliphatic carboxylic acids is 2. The van der Waals surface area contributed by atoms with E-state index in [0.717, 1.165) is 17.3 Å². The molecule has 0 aliphatic heterocycles. The minimum Gasteiger partial charge on any atom is -0.481 e. The lowest BCUT2D eigenvalue weighted by molar-refractivity contribution is -0.145. The fraction of sp³-hybridized carbons (Fsp3) is 0.417. The molecule has 20 heavy (non-hydrogen) atoms. The average molecular weight is 345 g/mol. The van der Waals surface area contributed by atoms with Crippen LogP contribution in [0, 0.1) is 0 Å². The molecule has 1 aromatic rings. The predicted molar refractivity (Wildman–Crippen MR) is 71.5 cm³/mol. The van der Waals surface area contributed by atoms with Crippen LogP contribution in [0.25, 0.3) is 0 Å². The topological polar surface area (TPSA) is 109 Å². The fourth-order valence-electron chi connectivity index (χ4n) is 1.89. The van der Waals surface area contributed by atoms with Gasteiger partial charge in [0, 0.05) is 16.7 Å². The summed E-state index contributed by atoms with van der Waals surface area (Å²) in [6.07, 6.45) is 3.05. The first-order valence-corrected chi connectivity index (χ1v) is 6.80. The van der Waals surface area contributed by atoms with Gasteiger partial charge in [-0.05, 0) is 34.8 Å². The van der Waals surface area contributed by atoms with Crippen LogP contribution in [-0.4, -0.2) is 38.7 Å². The standard InChI is InChI=1S/C12H13BrN2O5/c13-6-3-9(15(5-6)7-1-2-7)11(18)14-8(12(19)20)4-10(16)17/h3,5,7-8H,1-2,4H2,(H,14,18)(H,16,17)(H,19,20). The number of hydrogen-bond acceptors (Lipinski definition) is 3. The molecule has 0 bridgehead atoms. The van der Waals surface area contributed by atoms with Crippen molar-refractivity contribution < 1.29 is 24.6 Å². The molecular formula is C12H13BrN2O5. The molecule has 1 aliphatic rings. The van der Waals surface area contributed by atoms with E-state index in [-0.39, 0.29) is 6.04 Å². The molecule has 0 spiro atoms. The van der Waals surface area contributed by atoms with Gasteiger partial charge in [0.25, 0.3) is 5.91 Å². The maximum Gasteiger partial charge on any atom is 0.326 e. The molecule has 1 saturated carbocycles. The number of carboxylic acids is 2. The molecule has 1 aromatic heterocycles. The van der Waals surface area contributed by atoms with Crippen molar-refractivity contribution in [1.82, 2.24) is 9.88 Å². The van der Waals surface area contributed by atoms with Crippen molar-refractivity contribution in [1.29, 1.82) is 0 Å². The molecule has 0 radical (unpaired) electrons. The molecular weight excluding hydrogens is 332 g/mol. The highest BCUT2D eigenvalue weighted by atomic mass is 79.9. The third kappa shape index (κ3) is 3.38. The molecule has 1 unspecified atom stereocenters. The Labute approximate surface area is 122 Å². The van der Waals surface area contributed by atoms with E-state index in [9.17, 15) is 14.4 Å². The van der Waals surface area contributed by atoms with Crippen LogP contribution in [0.15, 0.2) is 16.7 Å². The van der Waals surface area contributed by atoms with Gasteiger partial charge in [0.15, 0.2) is 0 Å². The maximum atomic E-state index is 12.1. The van der Waals surface area contributed by atoms with Gasteiger partial charge in [-0.25, -0.2) is 4.79 Å². The van der Waals surface area contributed by atoms with Crippen LogP contribution in [0.1, 0.15) is 35.8 Å². The molecule has 3 N–H and O–H groups in total. The quantitative estimate of drug-likeness (QED) is 0.719. The normalized spacial score (nSPS) is 15.7. The Morgan fingerprint density at radius 1 is 1.40 bits per heavy atom. The second-order valence-corrected chi connectivity index (χ2v) is 5.56. The summed E-state index contributed by atoms with van der Waals surface area (Å²) in [7, 11) is 0. The predicted octanol–water partition coefficient (Wildman–Crippen LogP) is 1.24. The molecule has 1 fully saturated rings. The summed E-state index contributed by atoms with van der Waals surface area (Å²) in [5, 5.41) is 19.8. The Morgan fingerprint density at radius 2 is 2.05 bits per heavy atom. The zero-order valence-electron chi connectivity index (χ0n) is 10.4. The lowest BCUT2D eigenvalue weighted by atomic mass is 10.2. The van der Waals surface area contributed by atoms with Crippen molar-refractivity contribution in [3.05, 3.63) is 22.4 Å². The SMILES string of the molecule is O=C(O)CC(NC(=O)c1cc(Br)cn1C1CC1)C(=O)O. The number of carboxylic acid groups (broad SMARTS) is 2. The molecule has 1 atom stereocenters. The largest absolute Gasteiger partial charge is 0.481 e. The molecule has 8 heteroatoms. The van der Waals surface area contributed by atoms with Gasteiger partial charge in [-0.1, -0.05) is 0 Å². The van der Waals surface area contributed by atoms with Crippen LogP contribution in [0.5, 0.6) is 0 Å². The van der Waals surface area contributed by atoms with Gasteiger partial charge in [-0.3, -0.25) is 9.59 Å². The van der Waals surface area contributed by atoms with Crippen LogP contribution >= 0.6 is 15.9 Å². The second kappa shape index (κ2) is 5.66. The third-order valence-electron chi connectivity index (χ3n) is 2.97. The van der Waals surface area contributed by atoms with Gasteiger partial charge in [-0.2, -0.15) is 0 Å². The lowest BCUT2D eigenvalue weighted by Crippen LogP contribution is -2.42. The summed E-state index contributed by atoms with van der Waals surface area (Å²) >= 11 is 3.27. The average Bonchev–Trinajstić information content (AvgIpc) is 3.10. The summed E-state index contributed by atoms with van der Waals surface area (Å²) < 4.78 is 2.50. The zero-order chi connectivity index (χ0) is 14.9. The maximum absolute atomic E-state index is 12.1. The number of aromatic nitrogens is 1. The van der Waals surface area contributed by atoms with Gasteiger partial charge in [-0.15, -0.1) is 0 Å². The van der Waals surface area contributed by atoms with Gasteiger partial charge >= 0.3 is 11.9 Å². The van der Waals surface area contributed by atoms with Crippen molar-refractivity contribution in [3.8, 4) is 0 Å². The first kappa shape index (κ1) is 14.6. The smallest absolute Gasteiger partial charge is 0.326 e. The van der Waals surface area contributed by atoms with Gasteiger partial charge in [0.2, 0.25) is 0 Å². The minimum atomic E-state index is -1.44. The van der Waals surface area contributed by atoms with Crippen molar-refractivity contribution >= 4 is 33.8 Å². The van der Waals surface area contributed by atoms with E-state index in [4.69, 9.17) is 10.2 Å². The molecule has 0 aromatic carbocycles. The number of rotatable bonds is 6. The first-order valence-electron chi connectivity index (χ1n) is 6.01. The number of carbonyl (C=O) groups excluding carboxylic acids is 1. The Kier molecular flexibility index (Phi) is 4.12. The van der Waals surface area contributed by atoms with Crippen LogP contribution in [0.3, 0.4) is 0 Å². The number of halogens is 1. The highest BCUT2D eigenvalue weighted by Gasteiger charge is 2.30. The zero-order valence-corrected chi connectivity index (χ0v) is 12.0. The number of amides is 1. The van der Waals surface area contributed by atoms with Crippen molar-refractivity contribution in [2.75, 3.05) is 0 Å². The molecule has 2 rings (SSSR count). The number of carbonyl (C=O) groups is 3. The minimum absolute atomic E-state index is 0.254. The monoisotopic (exact) mass is 344 g/mol. The second-order valence-electron chi connectivity index (χ2n) is 4.64. The number of nitrogens with one attached hydrogen (secondary N) is 1. The van der Waals surface area contributed by atoms with Crippen LogP contribution in [-0.2, 0) is 9.59 Å². The summed E-state index contributed by atoms with van der Waals surface area (Å²) in [6.45, 7) is 0. The molecule has 1 aliphatic carbocycles. The summed E-state index contributed by atoms with van der Waals surface area (Å²) in [5.74, 6) is -3.24. The van der Waals surface area contributed by atoms with E-state index < -0.39 is 30.3 Å². The van der Waals surface area contributed by atoms with E-state index >= 15 is 0 Å². The highest BCUT2D eigenvalue weighted by molar-refractivity contribution is 9.10. The molecule has 0 saturated heterocycles. The Morgan fingerprint density at radius 3 is 2.55 bits per heavy atom. The first-order chi connectivity index (χ1) is 9.38. The van der Waals surface area contributed by atoms with E-state index in [1.54, 1.807) is 16.8 Å². The summed E-state index contributed by atoms with van der Waals surface area (Å²) in [6, 6.07) is 0.402. The lowest BCUT2D eigenvalue weighted by Gasteiger charge is -2.13. The highest BCUT2D eigenvalue weighted by Crippen LogP contribution is 2.37. The van der Waals surface area contributed by atoms with Crippen molar-refractivity contribution in [3.63, 3.8) is 0 Å². The summed E-state index contributed by atoms with van der Waals surface area (Å²) in [4.78, 5) is 33.6. The van der Waals surface area contributed by atoms with E-state index in [2.05, 4.69) is 21.2 Å². The Balaban J connectivity index is 2.14. The van der Waals surface area contributed by atoms with Gasteiger partial charge < -0.3 is 20.1 Å². The van der Waals surface area contributed by atoms with E-state index in [1.165, 1.54) is 0 Å². The molecule has 108 valence electrons. The van der Waals surface area contributed by atoms with Crippen molar-refractivity contribution in [2.24, 2.45) is 0 Å².